The van der Waals surface area contributed by atoms with E-state index in [-0.39, 0.29) is 6.54 Å². The van der Waals surface area contributed by atoms with Crippen molar-refractivity contribution in [3.05, 3.63) is 53.9 Å². The number of alkyl halides is 3. The van der Waals surface area contributed by atoms with Crippen molar-refractivity contribution in [2.45, 2.75) is 19.6 Å². The van der Waals surface area contributed by atoms with Crippen LogP contribution in [0.4, 0.5) is 13.2 Å². The average Bonchev–Trinajstić information content (AvgIpc) is 2.92. The van der Waals surface area contributed by atoms with E-state index in [9.17, 15) is 13.2 Å². The molecule has 0 unspecified atom stereocenters. The molecule has 7 heteroatoms. The van der Waals surface area contributed by atoms with Crippen LogP contribution in [-0.2, 0) is 12.7 Å². The third-order valence-corrected chi connectivity index (χ3v) is 3.68. The van der Waals surface area contributed by atoms with Crippen molar-refractivity contribution in [1.29, 1.82) is 0 Å². The molecule has 0 aliphatic rings. The van der Waals surface area contributed by atoms with Crippen molar-refractivity contribution in [1.82, 2.24) is 9.38 Å². The number of imidazole rings is 1. The van der Waals surface area contributed by atoms with Gasteiger partial charge in [0.2, 0.25) is 0 Å². The Labute approximate surface area is 136 Å². The van der Waals surface area contributed by atoms with Gasteiger partial charge >= 0.3 is 6.18 Å². The Bertz CT molecular complexity index is 854. The molecule has 0 atom stereocenters. The van der Waals surface area contributed by atoms with Crippen molar-refractivity contribution >= 4 is 5.65 Å². The fourth-order valence-corrected chi connectivity index (χ4v) is 2.56. The normalized spacial score (nSPS) is 11.9. The molecule has 4 nitrogen and oxygen atoms in total. The van der Waals surface area contributed by atoms with Crippen molar-refractivity contribution in [3.63, 3.8) is 0 Å². The first-order chi connectivity index (χ1) is 11.4. The van der Waals surface area contributed by atoms with Gasteiger partial charge in [-0.25, -0.2) is 4.98 Å². The Morgan fingerprint density at radius 2 is 1.83 bits per heavy atom. The number of nitrogens with two attached hydrogens (primary N) is 1. The maximum Gasteiger partial charge on any atom is 0.417 e. The Kier molecular flexibility index (Phi) is 4.19. The molecule has 126 valence electrons. The molecule has 3 aromatic rings. The summed E-state index contributed by atoms with van der Waals surface area (Å²) in [5.74, 6) is 0.721. The number of halogens is 3. The van der Waals surface area contributed by atoms with Crippen LogP contribution in [0.2, 0.25) is 0 Å². The summed E-state index contributed by atoms with van der Waals surface area (Å²) in [4.78, 5) is 4.43. The van der Waals surface area contributed by atoms with Crippen LogP contribution in [-0.4, -0.2) is 16.0 Å². The number of hydrogen-bond acceptors (Lipinski definition) is 3. The molecule has 0 spiro atoms. The summed E-state index contributed by atoms with van der Waals surface area (Å²) in [7, 11) is 0. The fraction of sp³-hybridized carbons (Fsp3) is 0.235. The molecular weight excluding hydrogens is 319 g/mol. The zero-order valence-electron chi connectivity index (χ0n) is 13.0. The number of nitrogens with zero attached hydrogens (tertiary/aromatic N) is 2. The lowest BCUT2D eigenvalue weighted by Crippen LogP contribution is -2.08. The van der Waals surface area contributed by atoms with Crippen molar-refractivity contribution < 1.29 is 17.9 Å². The van der Waals surface area contributed by atoms with Crippen LogP contribution in [0.25, 0.3) is 16.9 Å². The van der Waals surface area contributed by atoms with Crippen LogP contribution in [0.1, 0.15) is 18.2 Å². The van der Waals surface area contributed by atoms with E-state index in [0.717, 1.165) is 23.6 Å². The van der Waals surface area contributed by atoms with Gasteiger partial charge in [0.15, 0.2) is 0 Å². The second kappa shape index (κ2) is 6.16. The van der Waals surface area contributed by atoms with Crippen LogP contribution in [0.5, 0.6) is 5.75 Å². The first-order valence-corrected chi connectivity index (χ1v) is 7.45. The molecule has 3 rings (SSSR count). The highest BCUT2D eigenvalue weighted by atomic mass is 19.4. The molecule has 0 amide bonds. The lowest BCUT2D eigenvalue weighted by molar-refractivity contribution is -0.137. The molecule has 0 saturated heterocycles. The highest BCUT2D eigenvalue weighted by molar-refractivity contribution is 5.67. The SMILES string of the molecule is CCOc1ccc(-c2nc3ccc(C(F)(F)F)cn3c2CN)cc1. The number of fused-ring (bicyclic) bond motifs is 1. The Morgan fingerprint density at radius 1 is 1.12 bits per heavy atom. The van der Waals surface area contributed by atoms with Crippen LogP contribution < -0.4 is 10.5 Å². The maximum absolute atomic E-state index is 12.9. The Morgan fingerprint density at radius 3 is 2.42 bits per heavy atom. The summed E-state index contributed by atoms with van der Waals surface area (Å²) in [6.45, 7) is 2.52. The zero-order valence-corrected chi connectivity index (χ0v) is 13.0. The predicted molar refractivity (Wildman–Crippen MR) is 84.7 cm³/mol. The molecule has 0 aliphatic carbocycles. The third kappa shape index (κ3) is 2.94. The second-order valence-corrected chi connectivity index (χ2v) is 5.21. The summed E-state index contributed by atoms with van der Waals surface area (Å²) >= 11 is 0. The van der Waals surface area contributed by atoms with Gasteiger partial charge in [-0.1, -0.05) is 0 Å². The van der Waals surface area contributed by atoms with Gasteiger partial charge in [-0.15, -0.1) is 0 Å². The van der Waals surface area contributed by atoms with E-state index in [0.29, 0.717) is 23.6 Å². The minimum Gasteiger partial charge on any atom is -0.494 e. The molecule has 2 aromatic heterocycles. The molecular formula is C17H16F3N3O. The smallest absolute Gasteiger partial charge is 0.417 e. The van der Waals surface area contributed by atoms with Crippen LogP contribution in [0.15, 0.2) is 42.6 Å². The van der Waals surface area contributed by atoms with E-state index < -0.39 is 11.7 Å². The summed E-state index contributed by atoms with van der Waals surface area (Å²) in [6, 6.07) is 9.59. The van der Waals surface area contributed by atoms with Gasteiger partial charge in [0.05, 0.1) is 23.6 Å². The molecule has 0 radical (unpaired) electrons. The van der Waals surface area contributed by atoms with E-state index in [2.05, 4.69) is 4.98 Å². The van der Waals surface area contributed by atoms with Gasteiger partial charge in [0, 0.05) is 18.3 Å². The first-order valence-electron chi connectivity index (χ1n) is 7.45. The van der Waals surface area contributed by atoms with Crippen LogP contribution in [0, 0.1) is 0 Å². The standard InChI is InChI=1S/C17H16F3N3O/c1-2-24-13-6-3-11(4-7-13)16-14(9-21)23-10-12(17(18,19)20)5-8-15(23)22-16/h3-8,10H,2,9,21H2,1H3. The summed E-state index contributed by atoms with van der Waals surface area (Å²) in [6.07, 6.45) is -3.38. The number of aromatic nitrogens is 2. The lowest BCUT2D eigenvalue weighted by atomic mass is 10.1. The predicted octanol–water partition coefficient (Wildman–Crippen LogP) is 3.88. The van der Waals surface area contributed by atoms with E-state index in [4.69, 9.17) is 10.5 Å². The molecule has 2 N–H and O–H groups in total. The molecule has 0 bridgehead atoms. The number of rotatable bonds is 4. The van der Waals surface area contributed by atoms with Crippen LogP contribution >= 0.6 is 0 Å². The molecule has 0 saturated carbocycles. The van der Waals surface area contributed by atoms with Crippen molar-refractivity contribution in [2.24, 2.45) is 5.73 Å². The molecule has 0 aliphatic heterocycles. The van der Waals surface area contributed by atoms with E-state index >= 15 is 0 Å². The second-order valence-electron chi connectivity index (χ2n) is 5.21. The van der Waals surface area contributed by atoms with Gasteiger partial charge < -0.3 is 14.9 Å². The average molecular weight is 335 g/mol. The fourth-order valence-electron chi connectivity index (χ4n) is 2.56. The van der Waals surface area contributed by atoms with E-state index in [1.165, 1.54) is 10.5 Å². The highest BCUT2D eigenvalue weighted by Gasteiger charge is 2.31. The first kappa shape index (κ1) is 16.3. The van der Waals surface area contributed by atoms with Crippen molar-refractivity contribution in [2.75, 3.05) is 6.61 Å². The number of benzene rings is 1. The number of ether oxygens (including phenoxy) is 1. The summed E-state index contributed by atoms with van der Waals surface area (Å²) in [5.41, 5.74) is 7.33. The van der Waals surface area contributed by atoms with Crippen LogP contribution in [0.3, 0.4) is 0 Å². The minimum absolute atomic E-state index is 0.0744. The van der Waals surface area contributed by atoms with E-state index in [1.807, 2.05) is 19.1 Å². The Hall–Kier alpha value is -2.54. The molecule has 24 heavy (non-hydrogen) atoms. The van der Waals surface area contributed by atoms with Gasteiger partial charge in [-0.3, -0.25) is 0 Å². The number of hydrogen-bond donors (Lipinski definition) is 1. The van der Waals surface area contributed by atoms with Crippen molar-refractivity contribution in [3.8, 4) is 17.0 Å². The zero-order chi connectivity index (χ0) is 17.3. The quantitative estimate of drug-likeness (QED) is 0.787. The van der Waals surface area contributed by atoms with Gasteiger partial charge in [-0.05, 0) is 43.3 Å². The minimum atomic E-state index is -4.41. The largest absolute Gasteiger partial charge is 0.494 e. The monoisotopic (exact) mass is 335 g/mol. The summed E-state index contributed by atoms with van der Waals surface area (Å²) in [5, 5.41) is 0. The van der Waals surface area contributed by atoms with Gasteiger partial charge in [0.1, 0.15) is 11.4 Å². The molecule has 0 fully saturated rings. The van der Waals surface area contributed by atoms with Gasteiger partial charge in [0.25, 0.3) is 0 Å². The van der Waals surface area contributed by atoms with Gasteiger partial charge in [-0.2, -0.15) is 13.2 Å². The topological polar surface area (TPSA) is 52.5 Å². The maximum atomic E-state index is 12.9. The third-order valence-electron chi connectivity index (χ3n) is 3.68. The molecule has 2 heterocycles. The summed E-state index contributed by atoms with van der Waals surface area (Å²) < 4.78 is 45.5. The highest BCUT2D eigenvalue weighted by Crippen LogP contribution is 2.31. The lowest BCUT2D eigenvalue weighted by Gasteiger charge is -2.08. The van der Waals surface area contributed by atoms with E-state index in [1.54, 1.807) is 12.1 Å². The molecule has 1 aromatic carbocycles. The number of pyridine rings is 1. The Balaban J connectivity index is 2.11.